The monoisotopic (exact) mass is 252 g/mol. The van der Waals surface area contributed by atoms with E-state index in [-0.39, 0.29) is 0 Å². The van der Waals surface area contributed by atoms with Gasteiger partial charge in [-0.1, -0.05) is 22.6 Å². The average Bonchev–Trinajstić information content (AvgIpc) is 2.27. The number of hydrogen-bond acceptors (Lipinski definition) is 1. The Bertz CT molecular complexity index is 126. The molecule has 2 aliphatic rings. The van der Waals surface area contributed by atoms with Crippen LogP contribution in [0.3, 0.4) is 0 Å². The number of ether oxygens (including phenoxy) is 1. The predicted molar refractivity (Wildman–Crippen MR) is 49.6 cm³/mol. The van der Waals surface area contributed by atoms with Crippen LogP contribution in [0, 0.1) is 0 Å². The van der Waals surface area contributed by atoms with Crippen molar-refractivity contribution in [1.82, 2.24) is 0 Å². The predicted octanol–water partition coefficient (Wildman–Crippen LogP) is 2.52. The molecule has 2 aliphatic heterocycles. The summed E-state index contributed by atoms with van der Waals surface area (Å²) in [6.45, 7) is 0. The van der Waals surface area contributed by atoms with E-state index in [0.29, 0.717) is 12.2 Å². The highest BCUT2D eigenvalue weighted by Crippen LogP contribution is 2.34. The molecule has 0 radical (unpaired) electrons. The lowest BCUT2D eigenvalue weighted by molar-refractivity contribution is 0.0547. The minimum atomic E-state index is 0.605. The van der Waals surface area contributed by atoms with Crippen LogP contribution in [-0.2, 0) is 4.74 Å². The number of alkyl halides is 1. The Morgan fingerprint density at radius 3 is 2.90 bits per heavy atom. The van der Waals surface area contributed by atoms with Crippen LogP contribution >= 0.6 is 22.6 Å². The van der Waals surface area contributed by atoms with Crippen LogP contribution in [0.2, 0.25) is 0 Å². The molecule has 2 rings (SSSR count). The van der Waals surface area contributed by atoms with E-state index >= 15 is 0 Å². The molecule has 3 atom stereocenters. The van der Waals surface area contributed by atoms with Gasteiger partial charge in [-0.2, -0.15) is 0 Å². The zero-order chi connectivity index (χ0) is 6.97. The first kappa shape index (κ1) is 7.35. The third-order valence-corrected chi connectivity index (χ3v) is 3.97. The quantitative estimate of drug-likeness (QED) is 0.475. The molecular weight excluding hydrogens is 239 g/mol. The highest BCUT2D eigenvalue weighted by molar-refractivity contribution is 14.1. The van der Waals surface area contributed by atoms with Crippen molar-refractivity contribution >= 4 is 22.6 Å². The third kappa shape index (κ3) is 1.33. The maximum Gasteiger partial charge on any atom is 0.0697 e. The zero-order valence-corrected chi connectivity index (χ0v) is 8.21. The standard InChI is InChI=1S/C8H13IO/c9-7-3-1-2-6-4-5-8(7)10-6/h6-8H,1-5H2/t6-,7+,8-/m0/s1. The zero-order valence-electron chi connectivity index (χ0n) is 6.05. The van der Waals surface area contributed by atoms with Crippen LogP contribution in [0.1, 0.15) is 32.1 Å². The lowest BCUT2D eigenvalue weighted by Gasteiger charge is -2.13. The van der Waals surface area contributed by atoms with Crippen molar-refractivity contribution < 1.29 is 4.74 Å². The molecule has 1 nitrogen and oxygen atoms in total. The van der Waals surface area contributed by atoms with Crippen molar-refractivity contribution in [2.75, 3.05) is 0 Å². The summed E-state index contributed by atoms with van der Waals surface area (Å²) < 4.78 is 6.62. The summed E-state index contributed by atoms with van der Waals surface area (Å²) in [6.07, 6.45) is 7.95. The topological polar surface area (TPSA) is 9.23 Å². The Morgan fingerprint density at radius 2 is 2.00 bits per heavy atom. The Morgan fingerprint density at radius 1 is 1.10 bits per heavy atom. The van der Waals surface area contributed by atoms with E-state index in [9.17, 15) is 0 Å². The highest BCUT2D eigenvalue weighted by atomic mass is 127. The van der Waals surface area contributed by atoms with Gasteiger partial charge in [0.2, 0.25) is 0 Å². The van der Waals surface area contributed by atoms with Crippen LogP contribution in [-0.4, -0.2) is 16.1 Å². The molecule has 2 saturated heterocycles. The van der Waals surface area contributed by atoms with Crippen LogP contribution in [0.4, 0.5) is 0 Å². The second-order valence-corrected chi connectivity index (χ2v) is 4.92. The fourth-order valence-corrected chi connectivity index (χ4v) is 2.91. The number of fused-ring (bicyclic) bond motifs is 2. The molecule has 0 N–H and O–H groups in total. The van der Waals surface area contributed by atoms with Crippen molar-refractivity contribution in [3.63, 3.8) is 0 Å². The Balaban J connectivity index is 2.03. The molecule has 10 heavy (non-hydrogen) atoms. The van der Waals surface area contributed by atoms with Gasteiger partial charge in [-0.25, -0.2) is 0 Å². The van der Waals surface area contributed by atoms with Crippen LogP contribution in [0.5, 0.6) is 0 Å². The van der Waals surface area contributed by atoms with E-state index in [1.54, 1.807) is 0 Å². The number of hydrogen-bond donors (Lipinski definition) is 0. The molecule has 0 aliphatic carbocycles. The van der Waals surface area contributed by atoms with E-state index < -0.39 is 0 Å². The molecule has 2 heteroatoms. The van der Waals surface area contributed by atoms with E-state index in [4.69, 9.17) is 4.74 Å². The van der Waals surface area contributed by atoms with Crippen molar-refractivity contribution in [3.05, 3.63) is 0 Å². The minimum Gasteiger partial charge on any atom is -0.374 e. The maximum atomic E-state index is 5.83. The summed E-state index contributed by atoms with van der Waals surface area (Å²) in [5.74, 6) is 0. The van der Waals surface area contributed by atoms with Gasteiger partial charge in [0.1, 0.15) is 0 Å². The first-order valence-corrected chi connectivity index (χ1v) is 5.40. The van der Waals surface area contributed by atoms with E-state index in [0.717, 1.165) is 3.92 Å². The van der Waals surface area contributed by atoms with Crippen LogP contribution in [0.25, 0.3) is 0 Å². The molecular formula is C8H13IO. The molecule has 2 heterocycles. The van der Waals surface area contributed by atoms with Gasteiger partial charge in [-0.15, -0.1) is 0 Å². The van der Waals surface area contributed by atoms with Gasteiger partial charge in [-0.05, 0) is 32.1 Å². The summed E-state index contributed by atoms with van der Waals surface area (Å²) in [4.78, 5) is 0. The fourth-order valence-electron chi connectivity index (χ4n) is 1.94. The minimum absolute atomic E-state index is 0.605. The average molecular weight is 252 g/mol. The van der Waals surface area contributed by atoms with Gasteiger partial charge in [-0.3, -0.25) is 0 Å². The molecule has 58 valence electrons. The van der Waals surface area contributed by atoms with E-state index in [1.165, 1.54) is 32.1 Å². The molecule has 0 spiro atoms. The van der Waals surface area contributed by atoms with E-state index in [1.807, 2.05) is 0 Å². The van der Waals surface area contributed by atoms with Gasteiger partial charge in [0.05, 0.1) is 12.2 Å². The van der Waals surface area contributed by atoms with Crippen LogP contribution in [0.15, 0.2) is 0 Å². The van der Waals surface area contributed by atoms with Gasteiger partial charge in [0, 0.05) is 3.92 Å². The SMILES string of the molecule is I[C@@H]1CCC[C@H]2CC[C@@H]1O2. The molecule has 0 unspecified atom stereocenters. The molecule has 0 aromatic carbocycles. The number of halogens is 1. The lowest BCUT2D eigenvalue weighted by Crippen LogP contribution is -2.17. The smallest absolute Gasteiger partial charge is 0.0697 e. The van der Waals surface area contributed by atoms with Crippen molar-refractivity contribution in [2.24, 2.45) is 0 Å². The first-order chi connectivity index (χ1) is 4.86. The molecule has 2 bridgehead atoms. The second-order valence-electron chi connectivity index (χ2n) is 3.32. The summed E-state index contributed by atoms with van der Waals surface area (Å²) >= 11 is 2.55. The Labute approximate surface area is 75.7 Å². The number of rotatable bonds is 0. The van der Waals surface area contributed by atoms with Gasteiger partial charge < -0.3 is 4.74 Å². The maximum absolute atomic E-state index is 5.83. The summed E-state index contributed by atoms with van der Waals surface area (Å²) in [5, 5.41) is 0. The van der Waals surface area contributed by atoms with Crippen molar-refractivity contribution in [1.29, 1.82) is 0 Å². The second kappa shape index (κ2) is 2.97. The van der Waals surface area contributed by atoms with Gasteiger partial charge in [0.25, 0.3) is 0 Å². The first-order valence-electron chi connectivity index (χ1n) is 4.16. The van der Waals surface area contributed by atoms with Crippen molar-refractivity contribution in [3.8, 4) is 0 Å². The van der Waals surface area contributed by atoms with Crippen molar-refractivity contribution in [2.45, 2.75) is 48.2 Å². The fraction of sp³-hybridized carbons (Fsp3) is 1.00. The van der Waals surface area contributed by atoms with Gasteiger partial charge >= 0.3 is 0 Å². The highest BCUT2D eigenvalue weighted by Gasteiger charge is 2.32. The molecule has 0 amide bonds. The van der Waals surface area contributed by atoms with Crippen LogP contribution < -0.4 is 0 Å². The summed E-state index contributed by atoms with van der Waals surface area (Å²) in [7, 11) is 0. The normalized spacial score (nSPS) is 47.1. The Kier molecular flexibility index (Phi) is 2.18. The molecule has 0 aromatic rings. The summed E-state index contributed by atoms with van der Waals surface area (Å²) in [6, 6.07) is 0. The van der Waals surface area contributed by atoms with E-state index in [2.05, 4.69) is 22.6 Å². The molecule has 0 saturated carbocycles. The third-order valence-electron chi connectivity index (χ3n) is 2.55. The lowest BCUT2D eigenvalue weighted by atomic mass is 10.0. The molecule has 0 aromatic heterocycles. The summed E-state index contributed by atoms with van der Waals surface area (Å²) in [5.41, 5.74) is 0. The molecule has 2 fully saturated rings. The van der Waals surface area contributed by atoms with Gasteiger partial charge in [0.15, 0.2) is 0 Å². The Hall–Kier alpha value is 0.690. The largest absolute Gasteiger partial charge is 0.374 e.